The first-order chi connectivity index (χ1) is 8.72. The van der Waals surface area contributed by atoms with Crippen molar-refractivity contribution in [1.82, 2.24) is 0 Å². The van der Waals surface area contributed by atoms with Crippen molar-refractivity contribution in [2.75, 3.05) is 0 Å². The van der Waals surface area contributed by atoms with Crippen LogP contribution in [0.1, 0.15) is 43.2 Å². The van der Waals surface area contributed by atoms with Gasteiger partial charge in [-0.2, -0.15) is 5.26 Å². The summed E-state index contributed by atoms with van der Waals surface area (Å²) in [6.07, 6.45) is 8.59. The molecule has 0 spiro atoms. The molecule has 0 unspecified atom stereocenters. The Morgan fingerprint density at radius 2 is 1.94 bits per heavy atom. The van der Waals surface area contributed by atoms with Crippen molar-refractivity contribution < 1.29 is 4.79 Å². The maximum atomic E-state index is 10.5. The lowest BCUT2D eigenvalue weighted by Crippen LogP contribution is -1.85. The summed E-state index contributed by atoms with van der Waals surface area (Å²) in [5.41, 5.74) is 1.78. The average Bonchev–Trinajstić information content (AvgIpc) is 2.38. The molecule has 1 rings (SSSR count). The van der Waals surface area contributed by atoms with E-state index in [2.05, 4.69) is 12.1 Å². The van der Waals surface area contributed by atoms with Crippen molar-refractivity contribution in [3.05, 3.63) is 41.5 Å². The highest BCUT2D eigenvalue weighted by molar-refractivity contribution is 6.63. The SMILES string of the molecule is N#Cc1ccc(C=CCCCCCC(=O)Cl)cc1. The third kappa shape index (κ3) is 6.22. The Labute approximate surface area is 113 Å². The summed E-state index contributed by atoms with van der Waals surface area (Å²) in [6, 6.07) is 9.58. The van der Waals surface area contributed by atoms with Crippen LogP contribution in [0.5, 0.6) is 0 Å². The van der Waals surface area contributed by atoms with Crippen molar-refractivity contribution in [2.24, 2.45) is 0 Å². The number of nitrogens with zero attached hydrogens (tertiary/aromatic N) is 1. The van der Waals surface area contributed by atoms with Gasteiger partial charge in [0.05, 0.1) is 11.6 Å². The molecule has 0 atom stereocenters. The van der Waals surface area contributed by atoms with Gasteiger partial charge < -0.3 is 0 Å². The lowest BCUT2D eigenvalue weighted by atomic mass is 10.1. The van der Waals surface area contributed by atoms with Gasteiger partial charge in [0.1, 0.15) is 0 Å². The number of benzene rings is 1. The topological polar surface area (TPSA) is 40.9 Å². The number of hydrogen-bond donors (Lipinski definition) is 0. The molecule has 94 valence electrons. The second-order valence-electron chi connectivity index (χ2n) is 4.09. The van der Waals surface area contributed by atoms with Gasteiger partial charge in [-0.3, -0.25) is 4.79 Å². The van der Waals surface area contributed by atoms with Gasteiger partial charge in [0.2, 0.25) is 5.24 Å². The summed E-state index contributed by atoms with van der Waals surface area (Å²) in [5.74, 6) is 0. The molecule has 0 amide bonds. The van der Waals surface area contributed by atoms with Crippen LogP contribution < -0.4 is 0 Å². The van der Waals surface area contributed by atoms with Gasteiger partial charge in [-0.1, -0.05) is 30.7 Å². The largest absolute Gasteiger partial charge is 0.281 e. The molecule has 0 aliphatic rings. The first-order valence-corrected chi connectivity index (χ1v) is 6.45. The quantitative estimate of drug-likeness (QED) is 0.543. The standard InChI is InChI=1S/C15H16ClNO/c16-15(18)7-5-3-1-2-4-6-13-8-10-14(12-17)11-9-13/h4,6,8-11H,1-3,5,7H2. The normalized spacial score (nSPS) is 10.4. The van der Waals surface area contributed by atoms with Crippen molar-refractivity contribution >= 4 is 22.9 Å². The van der Waals surface area contributed by atoms with E-state index in [1.165, 1.54) is 0 Å². The molecular weight excluding hydrogens is 246 g/mol. The third-order valence-corrected chi connectivity index (χ3v) is 2.78. The third-order valence-electron chi connectivity index (χ3n) is 2.59. The summed E-state index contributed by atoms with van der Waals surface area (Å²) >= 11 is 5.25. The molecule has 3 heteroatoms. The van der Waals surface area contributed by atoms with E-state index in [1.807, 2.05) is 30.3 Å². The van der Waals surface area contributed by atoms with E-state index in [0.29, 0.717) is 12.0 Å². The molecular formula is C15H16ClNO. The number of rotatable bonds is 7. The Balaban J connectivity index is 2.20. The van der Waals surface area contributed by atoms with Crippen LogP contribution in [0.25, 0.3) is 6.08 Å². The minimum absolute atomic E-state index is 0.247. The zero-order valence-electron chi connectivity index (χ0n) is 10.2. The molecule has 0 bridgehead atoms. The lowest BCUT2D eigenvalue weighted by Gasteiger charge is -1.96. The first-order valence-electron chi connectivity index (χ1n) is 6.07. The van der Waals surface area contributed by atoms with Crippen molar-refractivity contribution in [2.45, 2.75) is 32.1 Å². The molecule has 0 aliphatic carbocycles. The Morgan fingerprint density at radius 3 is 2.56 bits per heavy atom. The van der Waals surface area contributed by atoms with E-state index >= 15 is 0 Å². The van der Waals surface area contributed by atoms with Crippen molar-refractivity contribution in [3.8, 4) is 6.07 Å². The van der Waals surface area contributed by atoms with E-state index in [4.69, 9.17) is 16.9 Å². The first kappa shape index (κ1) is 14.5. The number of carbonyl (C=O) groups excluding carboxylic acids is 1. The van der Waals surface area contributed by atoms with Crippen LogP contribution in [-0.2, 0) is 4.79 Å². The van der Waals surface area contributed by atoms with Gasteiger partial charge >= 0.3 is 0 Å². The maximum Gasteiger partial charge on any atom is 0.221 e. The van der Waals surface area contributed by atoms with Gasteiger partial charge in [0.25, 0.3) is 0 Å². The van der Waals surface area contributed by atoms with Crippen LogP contribution in [0, 0.1) is 11.3 Å². The Kier molecular flexibility index (Phi) is 6.83. The minimum Gasteiger partial charge on any atom is -0.281 e. The van der Waals surface area contributed by atoms with Crippen LogP contribution in [-0.4, -0.2) is 5.24 Å². The molecule has 0 heterocycles. The lowest BCUT2D eigenvalue weighted by molar-refractivity contribution is -0.111. The average molecular weight is 262 g/mol. The zero-order chi connectivity index (χ0) is 13.2. The van der Waals surface area contributed by atoms with Gasteiger partial charge in [-0.15, -0.1) is 0 Å². The zero-order valence-corrected chi connectivity index (χ0v) is 11.0. The number of hydrogen-bond acceptors (Lipinski definition) is 2. The molecule has 0 aliphatic heterocycles. The van der Waals surface area contributed by atoms with Crippen LogP contribution in [0.4, 0.5) is 0 Å². The molecule has 1 aromatic rings. The number of nitriles is 1. The minimum atomic E-state index is -0.247. The molecule has 0 saturated heterocycles. The van der Waals surface area contributed by atoms with E-state index < -0.39 is 0 Å². The van der Waals surface area contributed by atoms with Crippen LogP contribution >= 0.6 is 11.6 Å². The second kappa shape index (κ2) is 8.49. The number of allylic oxidation sites excluding steroid dienone is 1. The van der Waals surface area contributed by atoms with Crippen LogP contribution in [0.15, 0.2) is 30.3 Å². The molecule has 0 N–H and O–H groups in total. The fourth-order valence-electron chi connectivity index (χ4n) is 1.59. The fraction of sp³-hybridized carbons (Fsp3) is 0.333. The van der Waals surface area contributed by atoms with Gasteiger partial charge in [-0.25, -0.2) is 0 Å². The van der Waals surface area contributed by atoms with E-state index in [0.717, 1.165) is 31.2 Å². The smallest absolute Gasteiger partial charge is 0.221 e. The Morgan fingerprint density at radius 1 is 1.22 bits per heavy atom. The number of unbranched alkanes of at least 4 members (excludes halogenated alkanes) is 3. The van der Waals surface area contributed by atoms with Crippen LogP contribution in [0.2, 0.25) is 0 Å². The highest BCUT2D eigenvalue weighted by Crippen LogP contribution is 2.09. The maximum absolute atomic E-state index is 10.5. The summed E-state index contributed by atoms with van der Waals surface area (Å²) in [6.45, 7) is 0. The number of carbonyl (C=O) groups is 1. The summed E-state index contributed by atoms with van der Waals surface area (Å²) in [7, 11) is 0. The van der Waals surface area contributed by atoms with E-state index in [-0.39, 0.29) is 5.24 Å². The summed E-state index contributed by atoms with van der Waals surface area (Å²) in [5, 5.41) is 8.42. The highest BCUT2D eigenvalue weighted by Gasteiger charge is 1.94. The van der Waals surface area contributed by atoms with Gasteiger partial charge in [0.15, 0.2) is 0 Å². The molecule has 18 heavy (non-hydrogen) atoms. The predicted molar refractivity (Wildman–Crippen MR) is 74.1 cm³/mol. The van der Waals surface area contributed by atoms with Crippen molar-refractivity contribution in [3.63, 3.8) is 0 Å². The Bertz CT molecular complexity index is 443. The molecule has 0 radical (unpaired) electrons. The van der Waals surface area contributed by atoms with E-state index in [1.54, 1.807) is 0 Å². The fourth-order valence-corrected chi connectivity index (χ4v) is 1.72. The highest BCUT2D eigenvalue weighted by atomic mass is 35.5. The second-order valence-corrected chi connectivity index (χ2v) is 4.51. The van der Waals surface area contributed by atoms with Gasteiger partial charge in [-0.05, 0) is 48.6 Å². The van der Waals surface area contributed by atoms with E-state index in [9.17, 15) is 4.79 Å². The van der Waals surface area contributed by atoms with Crippen LogP contribution in [0.3, 0.4) is 0 Å². The summed E-state index contributed by atoms with van der Waals surface area (Å²) in [4.78, 5) is 10.5. The molecule has 0 aromatic heterocycles. The van der Waals surface area contributed by atoms with Gasteiger partial charge in [0, 0.05) is 6.42 Å². The molecule has 2 nitrogen and oxygen atoms in total. The monoisotopic (exact) mass is 261 g/mol. The number of halogens is 1. The molecule has 0 fully saturated rings. The van der Waals surface area contributed by atoms with Crippen molar-refractivity contribution in [1.29, 1.82) is 5.26 Å². The Hall–Kier alpha value is -1.59. The molecule has 1 aromatic carbocycles. The molecule has 0 saturated carbocycles. The summed E-state index contributed by atoms with van der Waals surface area (Å²) < 4.78 is 0. The predicted octanol–water partition coefficient (Wildman–Crippen LogP) is 4.29.